The molecule has 1 aromatic carbocycles. The number of hydrogen-bond donors (Lipinski definition) is 2. The lowest BCUT2D eigenvalue weighted by atomic mass is 9.95. The van der Waals surface area contributed by atoms with Crippen molar-refractivity contribution in [3.8, 4) is 11.5 Å². The first kappa shape index (κ1) is 18.3. The van der Waals surface area contributed by atoms with E-state index in [0.29, 0.717) is 6.42 Å². The van der Waals surface area contributed by atoms with Gasteiger partial charge in [0.25, 0.3) is 5.91 Å². The Bertz CT molecular complexity index is 836. The van der Waals surface area contributed by atoms with Gasteiger partial charge < -0.3 is 24.7 Å². The molecule has 2 atom stereocenters. The van der Waals surface area contributed by atoms with Crippen molar-refractivity contribution in [2.45, 2.75) is 56.7 Å². The molecular weight excluding hydrogens is 372 g/mol. The van der Waals surface area contributed by atoms with Crippen molar-refractivity contribution in [1.29, 1.82) is 0 Å². The standard InChI is InChI=1S/C21H26N4O4/c26-20(22-15-4-2-1-3-5-15)12-24-8-9-25-17(21(24)27)11-16(23-25)14-6-7-18-19(10-14)29-13-28-18/h6-10,15-17,23H,1-5,11-13H2,(H,22,26). The minimum Gasteiger partial charge on any atom is -0.454 e. The number of benzene rings is 1. The lowest BCUT2D eigenvalue weighted by molar-refractivity contribution is -0.138. The number of nitrogens with zero attached hydrogens (tertiary/aromatic N) is 2. The van der Waals surface area contributed by atoms with E-state index in [-0.39, 0.29) is 43.3 Å². The summed E-state index contributed by atoms with van der Waals surface area (Å²) in [6.45, 7) is 0.315. The Hall–Kier alpha value is -2.74. The summed E-state index contributed by atoms with van der Waals surface area (Å²) in [4.78, 5) is 26.9. The Labute approximate surface area is 169 Å². The molecule has 1 saturated carbocycles. The topological polar surface area (TPSA) is 83.1 Å². The van der Waals surface area contributed by atoms with Gasteiger partial charge in [-0.25, -0.2) is 5.43 Å². The first-order chi connectivity index (χ1) is 14.2. The van der Waals surface area contributed by atoms with E-state index in [1.54, 1.807) is 6.20 Å². The van der Waals surface area contributed by atoms with E-state index in [4.69, 9.17) is 9.47 Å². The molecule has 1 aliphatic carbocycles. The molecule has 5 rings (SSSR count). The Morgan fingerprint density at radius 1 is 1.14 bits per heavy atom. The molecule has 8 nitrogen and oxygen atoms in total. The summed E-state index contributed by atoms with van der Waals surface area (Å²) in [7, 11) is 0. The van der Waals surface area contributed by atoms with Crippen molar-refractivity contribution in [2.24, 2.45) is 0 Å². The summed E-state index contributed by atoms with van der Waals surface area (Å²) in [5, 5.41) is 4.92. The zero-order valence-corrected chi connectivity index (χ0v) is 16.3. The van der Waals surface area contributed by atoms with Crippen LogP contribution >= 0.6 is 0 Å². The number of hydrogen-bond acceptors (Lipinski definition) is 6. The molecule has 0 bridgehead atoms. The highest BCUT2D eigenvalue weighted by Gasteiger charge is 2.40. The van der Waals surface area contributed by atoms with Crippen molar-refractivity contribution in [3.05, 3.63) is 36.2 Å². The third kappa shape index (κ3) is 3.64. The molecule has 3 aliphatic heterocycles. The minimum atomic E-state index is -0.321. The fraction of sp³-hybridized carbons (Fsp3) is 0.524. The SMILES string of the molecule is O=C(CN1C=CN2NC(c3ccc4c(c3)OCO4)CC2C1=O)NC1CCCCC1. The van der Waals surface area contributed by atoms with Gasteiger partial charge in [0.2, 0.25) is 12.7 Å². The first-order valence-corrected chi connectivity index (χ1v) is 10.4. The molecule has 0 aromatic heterocycles. The molecule has 2 amide bonds. The lowest BCUT2D eigenvalue weighted by Crippen LogP contribution is -2.51. The molecule has 0 spiro atoms. The van der Waals surface area contributed by atoms with Gasteiger partial charge in [0.15, 0.2) is 11.5 Å². The van der Waals surface area contributed by atoms with Crippen LogP contribution in [0.15, 0.2) is 30.6 Å². The van der Waals surface area contributed by atoms with Crippen molar-refractivity contribution >= 4 is 11.8 Å². The van der Waals surface area contributed by atoms with Gasteiger partial charge in [-0.3, -0.25) is 9.59 Å². The van der Waals surface area contributed by atoms with Crippen LogP contribution in [0.25, 0.3) is 0 Å². The van der Waals surface area contributed by atoms with E-state index in [1.807, 2.05) is 29.4 Å². The summed E-state index contributed by atoms with van der Waals surface area (Å²) in [5.41, 5.74) is 4.42. The molecule has 0 radical (unpaired) electrons. The molecule has 2 N–H and O–H groups in total. The number of hydrazine groups is 1. The van der Waals surface area contributed by atoms with Gasteiger partial charge in [0.05, 0.1) is 6.04 Å². The largest absolute Gasteiger partial charge is 0.454 e. The second-order valence-electron chi connectivity index (χ2n) is 8.12. The molecule has 29 heavy (non-hydrogen) atoms. The minimum absolute atomic E-state index is 0.000819. The number of rotatable bonds is 4. The molecule has 1 saturated heterocycles. The van der Waals surface area contributed by atoms with Crippen LogP contribution in [0.4, 0.5) is 0 Å². The van der Waals surface area contributed by atoms with Gasteiger partial charge in [-0.05, 0) is 37.0 Å². The monoisotopic (exact) mass is 398 g/mol. The smallest absolute Gasteiger partial charge is 0.251 e. The zero-order valence-electron chi connectivity index (χ0n) is 16.3. The van der Waals surface area contributed by atoms with E-state index in [0.717, 1.165) is 42.7 Å². The third-order valence-electron chi connectivity index (χ3n) is 6.16. The highest BCUT2D eigenvalue weighted by Crippen LogP contribution is 2.37. The Morgan fingerprint density at radius 3 is 2.83 bits per heavy atom. The highest BCUT2D eigenvalue weighted by molar-refractivity contribution is 5.89. The fourth-order valence-corrected chi connectivity index (χ4v) is 4.59. The van der Waals surface area contributed by atoms with Crippen LogP contribution in [0, 0.1) is 0 Å². The summed E-state index contributed by atoms with van der Waals surface area (Å²) in [6.07, 6.45) is 9.80. The van der Waals surface area contributed by atoms with E-state index in [9.17, 15) is 9.59 Å². The van der Waals surface area contributed by atoms with Crippen molar-refractivity contribution in [1.82, 2.24) is 20.7 Å². The third-order valence-corrected chi connectivity index (χ3v) is 6.16. The Morgan fingerprint density at radius 2 is 1.97 bits per heavy atom. The average molecular weight is 398 g/mol. The van der Waals surface area contributed by atoms with Gasteiger partial charge in [-0.15, -0.1) is 0 Å². The maximum absolute atomic E-state index is 13.0. The molecule has 3 heterocycles. The number of carbonyl (C=O) groups is 2. The van der Waals surface area contributed by atoms with Crippen LogP contribution in [0.5, 0.6) is 11.5 Å². The van der Waals surface area contributed by atoms with E-state index >= 15 is 0 Å². The number of carbonyl (C=O) groups excluding carboxylic acids is 2. The average Bonchev–Trinajstić information content (AvgIpc) is 3.37. The summed E-state index contributed by atoms with van der Waals surface area (Å²) in [5.74, 6) is 1.34. The Kier molecular flexibility index (Phi) is 4.79. The number of fused-ring (bicyclic) bond motifs is 2. The van der Waals surface area contributed by atoms with Crippen LogP contribution in [-0.4, -0.2) is 47.1 Å². The molecule has 4 aliphatic rings. The van der Waals surface area contributed by atoms with Crippen molar-refractivity contribution in [2.75, 3.05) is 13.3 Å². The normalized spacial score (nSPS) is 26.0. The number of amides is 2. The van der Waals surface area contributed by atoms with Gasteiger partial charge in [0.1, 0.15) is 12.6 Å². The number of nitrogens with one attached hydrogen (secondary N) is 2. The summed E-state index contributed by atoms with van der Waals surface area (Å²) < 4.78 is 10.8. The second kappa shape index (κ2) is 7.59. The summed E-state index contributed by atoms with van der Waals surface area (Å²) >= 11 is 0. The maximum Gasteiger partial charge on any atom is 0.251 e. The molecular formula is C21H26N4O4. The Balaban J connectivity index is 1.21. The maximum atomic E-state index is 13.0. The van der Waals surface area contributed by atoms with Crippen molar-refractivity contribution < 1.29 is 19.1 Å². The zero-order chi connectivity index (χ0) is 19.8. The molecule has 8 heteroatoms. The van der Waals surface area contributed by atoms with Crippen LogP contribution in [0.1, 0.15) is 50.1 Å². The summed E-state index contributed by atoms with van der Waals surface area (Å²) in [6, 6.07) is 5.78. The van der Waals surface area contributed by atoms with Crippen LogP contribution in [0.2, 0.25) is 0 Å². The number of ether oxygens (including phenoxy) is 2. The van der Waals surface area contributed by atoms with Gasteiger partial charge in [-0.2, -0.15) is 0 Å². The van der Waals surface area contributed by atoms with Crippen LogP contribution < -0.4 is 20.2 Å². The molecule has 2 unspecified atom stereocenters. The van der Waals surface area contributed by atoms with Gasteiger partial charge in [-0.1, -0.05) is 25.3 Å². The molecule has 1 aromatic rings. The van der Waals surface area contributed by atoms with Crippen molar-refractivity contribution in [3.63, 3.8) is 0 Å². The van der Waals surface area contributed by atoms with E-state index in [2.05, 4.69) is 10.7 Å². The van der Waals surface area contributed by atoms with E-state index in [1.165, 1.54) is 11.3 Å². The first-order valence-electron chi connectivity index (χ1n) is 10.4. The lowest BCUT2D eigenvalue weighted by Gasteiger charge is -2.32. The van der Waals surface area contributed by atoms with Gasteiger partial charge in [0, 0.05) is 18.4 Å². The second-order valence-corrected chi connectivity index (χ2v) is 8.12. The van der Waals surface area contributed by atoms with Gasteiger partial charge >= 0.3 is 0 Å². The predicted octanol–water partition coefficient (Wildman–Crippen LogP) is 1.80. The fourth-order valence-electron chi connectivity index (χ4n) is 4.59. The molecule has 154 valence electrons. The quantitative estimate of drug-likeness (QED) is 0.805. The van der Waals surface area contributed by atoms with E-state index < -0.39 is 0 Å². The predicted molar refractivity (Wildman–Crippen MR) is 105 cm³/mol. The van der Waals surface area contributed by atoms with Crippen LogP contribution in [-0.2, 0) is 9.59 Å². The molecule has 2 fully saturated rings. The highest BCUT2D eigenvalue weighted by atomic mass is 16.7. The van der Waals surface area contributed by atoms with Crippen LogP contribution in [0.3, 0.4) is 0 Å².